The van der Waals surface area contributed by atoms with Gasteiger partial charge in [-0.25, -0.2) is 0 Å². The first-order valence-corrected chi connectivity index (χ1v) is 7.31. The number of nitrogens with two attached hydrogens (primary N) is 1. The average molecular weight is 248 g/mol. The third kappa shape index (κ3) is 6.77. The van der Waals surface area contributed by atoms with Crippen LogP contribution in [0.4, 0.5) is 0 Å². The van der Waals surface area contributed by atoms with Gasteiger partial charge in [0.15, 0.2) is 0 Å². The molecule has 1 aromatic rings. The van der Waals surface area contributed by atoms with E-state index in [1.807, 2.05) is 0 Å². The van der Waals surface area contributed by atoms with Crippen LogP contribution in [0, 0.1) is 5.92 Å². The molecule has 0 aliphatic rings. The lowest BCUT2D eigenvalue weighted by molar-refractivity contribution is 0.407. The summed E-state index contributed by atoms with van der Waals surface area (Å²) in [6, 6.07) is 10.6. The topological polar surface area (TPSA) is 38.0 Å². The number of nitrogens with one attached hydrogen (secondary N) is 1. The summed E-state index contributed by atoms with van der Waals surface area (Å²) in [4.78, 5) is 0. The number of rotatable bonds is 10. The third-order valence-corrected chi connectivity index (χ3v) is 3.55. The molecule has 0 aromatic heterocycles. The number of benzene rings is 1. The predicted molar refractivity (Wildman–Crippen MR) is 79.5 cm³/mol. The number of unbranched alkanes of at least 4 members (excludes halogenated alkanes) is 1. The zero-order valence-corrected chi connectivity index (χ0v) is 11.7. The Hall–Kier alpha value is -0.860. The van der Waals surface area contributed by atoms with Gasteiger partial charge in [0.2, 0.25) is 0 Å². The molecule has 0 aliphatic heterocycles. The summed E-state index contributed by atoms with van der Waals surface area (Å²) < 4.78 is 0. The van der Waals surface area contributed by atoms with E-state index in [9.17, 15) is 0 Å². The summed E-state index contributed by atoms with van der Waals surface area (Å²) in [7, 11) is 0. The summed E-state index contributed by atoms with van der Waals surface area (Å²) in [6.45, 7) is 5.24. The van der Waals surface area contributed by atoms with Crippen LogP contribution in [0.2, 0.25) is 0 Å². The Kier molecular flexibility index (Phi) is 8.53. The van der Waals surface area contributed by atoms with Crippen LogP contribution in [0.3, 0.4) is 0 Å². The van der Waals surface area contributed by atoms with E-state index in [0.29, 0.717) is 0 Å². The fourth-order valence-electron chi connectivity index (χ4n) is 2.26. The highest BCUT2D eigenvalue weighted by Gasteiger charge is 2.05. The fraction of sp³-hybridized carbons (Fsp3) is 0.625. The molecule has 0 saturated heterocycles. The van der Waals surface area contributed by atoms with Gasteiger partial charge in [-0.2, -0.15) is 0 Å². The molecule has 2 nitrogen and oxygen atoms in total. The predicted octanol–water partition coefficient (Wildman–Crippen LogP) is 3.32. The van der Waals surface area contributed by atoms with Crippen molar-refractivity contribution in [3.8, 4) is 0 Å². The molecule has 0 saturated carbocycles. The smallest absolute Gasteiger partial charge is 0.0205 e. The zero-order chi connectivity index (χ0) is 13.1. The summed E-state index contributed by atoms with van der Waals surface area (Å²) >= 11 is 0. The molecule has 18 heavy (non-hydrogen) atoms. The lowest BCUT2D eigenvalue weighted by Crippen LogP contribution is -2.17. The number of hydrogen-bond donors (Lipinski definition) is 2. The van der Waals surface area contributed by atoms with Gasteiger partial charge in [-0.3, -0.25) is 0 Å². The van der Waals surface area contributed by atoms with Gasteiger partial charge in [-0.1, -0.05) is 56.5 Å². The second kappa shape index (κ2) is 10.1. The minimum Gasteiger partial charge on any atom is -0.330 e. The van der Waals surface area contributed by atoms with E-state index < -0.39 is 0 Å². The number of hydrogen-bond acceptors (Lipinski definition) is 2. The van der Waals surface area contributed by atoms with Crippen LogP contribution >= 0.6 is 0 Å². The standard InChI is InChI=1S/C16H28N2/c1-2-15(8-6-7-12-17)11-13-18-14-16-9-4-3-5-10-16/h3-5,9-10,15,18H,2,6-8,11-14,17H2,1H3. The Labute approximate surface area is 112 Å². The van der Waals surface area contributed by atoms with Gasteiger partial charge in [0.1, 0.15) is 0 Å². The van der Waals surface area contributed by atoms with Gasteiger partial charge in [0.25, 0.3) is 0 Å². The largest absolute Gasteiger partial charge is 0.330 e. The van der Waals surface area contributed by atoms with Crippen molar-refractivity contribution in [2.75, 3.05) is 13.1 Å². The molecule has 1 atom stereocenters. The lowest BCUT2D eigenvalue weighted by atomic mass is 9.96. The van der Waals surface area contributed by atoms with Gasteiger partial charge in [-0.15, -0.1) is 0 Å². The highest BCUT2D eigenvalue weighted by molar-refractivity contribution is 5.14. The van der Waals surface area contributed by atoms with Crippen molar-refractivity contribution < 1.29 is 0 Å². The maximum absolute atomic E-state index is 5.53. The van der Waals surface area contributed by atoms with Gasteiger partial charge in [0.05, 0.1) is 0 Å². The second-order valence-electron chi connectivity index (χ2n) is 5.01. The summed E-state index contributed by atoms with van der Waals surface area (Å²) in [6.07, 6.45) is 6.37. The normalized spacial score (nSPS) is 12.6. The molecular formula is C16H28N2. The van der Waals surface area contributed by atoms with Crippen LogP contribution in [0.5, 0.6) is 0 Å². The lowest BCUT2D eigenvalue weighted by Gasteiger charge is -2.15. The van der Waals surface area contributed by atoms with Crippen LogP contribution in [0.1, 0.15) is 44.6 Å². The van der Waals surface area contributed by atoms with Gasteiger partial charge in [-0.05, 0) is 37.4 Å². The highest BCUT2D eigenvalue weighted by Crippen LogP contribution is 2.15. The van der Waals surface area contributed by atoms with E-state index in [0.717, 1.165) is 25.6 Å². The first-order chi connectivity index (χ1) is 8.86. The van der Waals surface area contributed by atoms with Gasteiger partial charge < -0.3 is 11.1 Å². The zero-order valence-electron chi connectivity index (χ0n) is 11.7. The van der Waals surface area contributed by atoms with Crippen LogP contribution in [0.15, 0.2) is 30.3 Å². The van der Waals surface area contributed by atoms with E-state index in [2.05, 4.69) is 42.6 Å². The Morgan fingerprint density at radius 2 is 1.89 bits per heavy atom. The van der Waals surface area contributed by atoms with Crippen molar-refractivity contribution in [1.29, 1.82) is 0 Å². The maximum atomic E-state index is 5.53. The summed E-state index contributed by atoms with van der Waals surface area (Å²) in [5.41, 5.74) is 6.90. The van der Waals surface area contributed by atoms with E-state index in [1.54, 1.807) is 0 Å². The van der Waals surface area contributed by atoms with Crippen molar-refractivity contribution in [1.82, 2.24) is 5.32 Å². The van der Waals surface area contributed by atoms with E-state index in [-0.39, 0.29) is 0 Å². The minimum absolute atomic E-state index is 0.836. The molecule has 3 N–H and O–H groups in total. The molecular weight excluding hydrogens is 220 g/mol. The molecule has 0 amide bonds. The Bertz CT molecular complexity index is 284. The second-order valence-corrected chi connectivity index (χ2v) is 5.01. The maximum Gasteiger partial charge on any atom is 0.0205 e. The quantitative estimate of drug-likeness (QED) is 0.623. The molecule has 0 heterocycles. The van der Waals surface area contributed by atoms with Crippen molar-refractivity contribution >= 4 is 0 Å². The van der Waals surface area contributed by atoms with E-state index in [4.69, 9.17) is 5.73 Å². The first-order valence-electron chi connectivity index (χ1n) is 7.31. The van der Waals surface area contributed by atoms with Crippen molar-refractivity contribution in [2.45, 2.75) is 45.6 Å². The van der Waals surface area contributed by atoms with E-state index in [1.165, 1.54) is 37.7 Å². The molecule has 1 rings (SSSR count). The van der Waals surface area contributed by atoms with Crippen molar-refractivity contribution in [3.05, 3.63) is 35.9 Å². The molecule has 1 aromatic carbocycles. The van der Waals surface area contributed by atoms with Gasteiger partial charge in [0, 0.05) is 6.54 Å². The molecule has 0 spiro atoms. The van der Waals surface area contributed by atoms with Gasteiger partial charge >= 0.3 is 0 Å². The molecule has 1 unspecified atom stereocenters. The van der Waals surface area contributed by atoms with Crippen LogP contribution < -0.4 is 11.1 Å². The average Bonchev–Trinajstić information content (AvgIpc) is 2.43. The monoisotopic (exact) mass is 248 g/mol. The molecule has 0 aliphatic carbocycles. The van der Waals surface area contributed by atoms with Crippen molar-refractivity contribution in [2.24, 2.45) is 11.7 Å². The summed E-state index contributed by atoms with van der Waals surface area (Å²) in [5, 5.41) is 3.53. The molecule has 0 fully saturated rings. The molecule has 0 radical (unpaired) electrons. The molecule has 102 valence electrons. The van der Waals surface area contributed by atoms with Crippen LogP contribution in [0.25, 0.3) is 0 Å². The van der Waals surface area contributed by atoms with Crippen LogP contribution in [-0.2, 0) is 6.54 Å². The van der Waals surface area contributed by atoms with Crippen LogP contribution in [-0.4, -0.2) is 13.1 Å². The third-order valence-electron chi connectivity index (χ3n) is 3.55. The Balaban J connectivity index is 2.08. The fourth-order valence-corrected chi connectivity index (χ4v) is 2.26. The first kappa shape index (κ1) is 15.2. The Morgan fingerprint density at radius 3 is 2.56 bits per heavy atom. The molecule has 0 bridgehead atoms. The molecule has 2 heteroatoms. The Morgan fingerprint density at radius 1 is 1.11 bits per heavy atom. The SMILES string of the molecule is CCC(CCCCN)CCNCc1ccccc1. The summed E-state index contributed by atoms with van der Waals surface area (Å²) in [5.74, 6) is 0.861. The highest BCUT2D eigenvalue weighted by atomic mass is 14.8. The van der Waals surface area contributed by atoms with E-state index >= 15 is 0 Å². The minimum atomic E-state index is 0.836. The van der Waals surface area contributed by atoms with Crippen molar-refractivity contribution in [3.63, 3.8) is 0 Å².